The first-order valence-electron chi connectivity index (χ1n) is 11.9. The van der Waals surface area contributed by atoms with Gasteiger partial charge in [-0.1, -0.05) is 68.4 Å². The van der Waals surface area contributed by atoms with Gasteiger partial charge in [0.1, 0.15) is 18.1 Å². The van der Waals surface area contributed by atoms with Crippen molar-refractivity contribution in [1.29, 1.82) is 0 Å². The fourth-order valence-corrected chi connectivity index (χ4v) is 4.38. The van der Waals surface area contributed by atoms with Crippen LogP contribution in [0, 0.1) is 6.92 Å². The van der Waals surface area contributed by atoms with Crippen LogP contribution in [-0.4, -0.2) is 11.1 Å². The molecule has 0 N–H and O–H groups in total. The van der Waals surface area contributed by atoms with E-state index in [0.717, 1.165) is 46.7 Å². The van der Waals surface area contributed by atoms with Crippen molar-refractivity contribution in [2.45, 2.75) is 60.2 Å². The molecule has 33 heavy (non-hydrogen) atoms. The summed E-state index contributed by atoms with van der Waals surface area (Å²) in [4.78, 5) is 5.04. The van der Waals surface area contributed by atoms with E-state index in [0.29, 0.717) is 6.61 Å². The number of ether oxygens (including phenoxy) is 2. The SMILES string of the molecule is CCc1cccc(CC)c1-c1cc(OC(C)C)c(COc2cccc3ccccc23)c(C)n1. The molecule has 0 atom stereocenters. The Labute approximate surface area is 197 Å². The predicted octanol–water partition coefficient (Wildman–Crippen LogP) is 7.70. The molecule has 0 bridgehead atoms. The number of nitrogens with zero attached hydrogens (tertiary/aromatic N) is 1. The maximum atomic E-state index is 6.32. The largest absolute Gasteiger partial charge is 0.490 e. The minimum atomic E-state index is 0.0584. The highest BCUT2D eigenvalue weighted by atomic mass is 16.5. The maximum Gasteiger partial charge on any atom is 0.130 e. The van der Waals surface area contributed by atoms with E-state index in [1.165, 1.54) is 22.1 Å². The highest BCUT2D eigenvalue weighted by molar-refractivity contribution is 5.88. The third-order valence-corrected chi connectivity index (χ3v) is 6.03. The number of aryl methyl sites for hydroxylation is 3. The van der Waals surface area contributed by atoms with Crippen molar-refractivity contribution in [2.75, 3.05) is 0 Å². The van der Waals surface area contributed by atoms with Crippen molar-refractivity contribution < 1.29 is 9.47 Å². The van der Waals surface area contributed by atoms with Crippen molar-refractivity contribution in [3.05, 3.63) is 89.1 Å². The summed E-state index contributed by atoms with van der Waals surface area (Å²) in [6.45, 7) is 11.0. The first kappa shape index (κ1) is 22.8. The van der Waals surface area contributed by atoms with Gasteiger partial charge in [0.25, 0.3) is 0 Å². The Balaban J connectivity index is 1.75. The van der Waals surface area contributed by atoms with Crippen LogP contribution in [0.3, 0.4) is 0 Å². The van der Waals surface area contributed by atoms with Gasteiger partial charge in [0.2, 0.25) is 0 Å². The molecule has 0 saturated carbocycles. The van der Waals surface area contributed by atoms with Crippen LogP contribution in [0.1, 0.15) is 50.1 Å². The van der Waals surface area contributed by atoms with E-state index in [1.54, 1.807) is 0 Å². The zero-order chi connectivity index (χ0) is 23.4. The smallest absolute Gasteiger partial charge is 0.130 e. The van der Waals surface area contributed by atoms with Crippen LogP contribution in [0.4, 0.5) is 0 Å². The third-order valence-electron chi connectivity index (χ3n) is 6.03. The molecule has 3 aromatic carbocycles. The lowest BCUT2D eigenvalue weighted by Gasteiger charge is -2.20. The number of rotatable bonds is 8. The summed E-state index contributed by atoms with van der Waals surface area (Å²) in [5.74, 6) is 1.72. The van der Waals surface area contributed by atoms with E-state index >= 15 is 0 Å². The molecule has 0 fully saturated rings. The summed E-state index contributed by atoms with van der Waals surface area (Å²) >= 11 is 0. The fourth-order valence-electron chi connectivity index (χ4n) is 4.38. The van der Waals surface area contributed by atoms with Gasteiger partial charge in [-0.2, -0.15) is 0 Å². The van der Waals surface area contributed by atoms with Crippen LogP contribution < -0.4 is 9.47 Å². The van der Waals surface area contributed by atoms with Crippen molar-refractivity contribution in [1.82, 2.24) is 4.98 Å². The molecule has 0 amide bonds. The van der Waals surface area contributed by atoms with Crippen molar-refractivity contribution in [2.24, 2.45) is 0 Å². The molecule has 0 spiro atoms. The monoisotopic (exact) mass is 439 g/mol. The molecule has 0 radical (unpaired) electrons. The number of aromatic nitrogens is 1. The quantitative estimate of drug-likeness (QED) is 0.282. The fraction of sp³-hybridized carbons (Fsp3) is 0.300. The van der Waals surface area contributed by atoms with Crippen molar-refractivity contribution in [3.63, 3.8) is 0 Å². The standard InChI is InChI=1S/C30H33NO2/c1-6-22-13-10-14-23(7-2)30(22)27-18-29(33-20(3)4)26(21(5)31-27)19-32-28-17-11-15-24-12-8-9-16-25(24)28/h8-18,20H,6-7,19H2,1-5H3. The molecule has 1 heterocycles. The van der Waals surface area contributed by atoms with Gasteiger partial charge < -0.3 is 9.47 Å². The average molecular weight is 440 g/mol. The Bertz CT molecular complexity index is 1230. The van der Waals surface area contributed by atoms with E-state index in [4.69, 9.17) is 14.5 Å². The number of benzene rings is 3. The Morgan fingerprint density at radius 2 is 1.48 bits per heavy atom. The summed E-state index contributed by atoms with van der Waals surface area (Å²) in [6, 6.07) is 23.1. The summed E-state index contributed by atoms with van der Waals surface area (Å²) in [5.41, 5.74) is 6.78. The van der Waals surface area contributed by atoms with E-state index < -0.39 is 0 Å². The second kappa shape index (κ2) is 10.1. The Kier molecular flexibility index (Phi) is 6.98. The summed E-state index contributed by atoms with van der Waals surface area (Å²) < 4.78 is 12.6. The van der Waals surface area contributed by atoms with Crippen LogP contribution in [-0.2, 0) is 19.4 Å². The van der Waals surface area contributed by atoms with Crippen molar-refractivity contribution in [3.8, 4) is 22.8 Å². The number of fused-ring (bicyclic) bond motifs is 1. The molecule has 0 aliphatic rings. The Morgan fingerprint density at radius 3 is 2.18 bits per heavy atom. The van der Waals surface area contributed by atoms with Gasteiger partial charge in [-0.05, 0) is 56.2 Å². The highest BCUT2D eigenvalue weighted by Crippen LogP contribution is 2.34. The topological polar surface area (TPSA) is 31.4 Å². The van der Waals surface area contributed by atoms with Gasteiger partial charge in [0.15, 0.2) is 0 Å². The molecule has 3 nitrogen and oxygen atoms in total. The zero-order valence-electron chi connectivity index (χ0n) is 20.3. The molecule has 3 heteroatoms. The van der Waals surface area contributed by atoms with E-state index in [2.05, 4.69) is 77.1 Å². The van der Waals surface area contributed by atoms with Crippen molar-refractivity contribution >= 4 is 10.8 Å². The van der Waals surface area contributed by atoms with Crippen LogP contribution in [0.5, 0.6) is 11.5 Å². The van der Waals surface area contributed by atoms with E-state index in [-0.39, 0.29) is 6.10 Å². The minimum Gasteiger partial charge on any atom is -0.490 e. The van der Waals surface area contributed by atoms with Gasteiger partial charge in [0, 0.05) is 22.7 Å². The van der Waals surface area contributed by atoms with Crippen LogP contribution >= 0.6 is 0 Å². The van der Waals surface area contributed by atoms with E-state index in [1.807, 2.05) is 24.3 Å². The first-order valence-corrected chi connectivity index (χ1v) is 11.9. The normalized spacial score (nSPS) is 11.2. The molecule has 4 aromatic rings. The first-order chi connectivity index (χ1) is 16.0. The number of hydrogen-bond donors (Lipinski definition) is 0. The van der Waals surface area contributed by atoms with Crippen LogP contribution in [0.15, 0.2) is 66.7 Å². The molecule has 0 aliphatic carbocycles. The molecule has 4 rings (SSSR count). The highest BCUT2D eigenvalue weighted by Gasteiger charge is 2.18. The molecule has 0 unspecified atom stereocenters. The predicted molar refractivity (Wildman–Crippen MR) is 137 cm³/mol. The molecule has 170 valence electrons. The molecular weight excluding hydrogens is 406 g/mol. The molecule has 0 saturated heterocycles. The maximum absolute atomic E-state index is 6.32. The second-order valence-corrected chi connectivity index (χ2v) is 8.66. The van der Waals surface area contributed by atoms with Gasteiger partial charge in [-0.15, -0.1) is 0 Å². The van der Waals surface area contributed by atoms with Crippen LogP contribution in [0.2, 0.25) is 0 Å². The Morgan fingerprint density at radius 1 is 0.818 bits per heavy atom. The van der Waals surface area contributed by atoms with Gasteiger partial charge in [-0.3, -0.25) is 4.98 Å². The molecular formula is C30H33NO2. The summed E-state index contributed by atoms with van der Waals surface area (Å²) in [7, 11) is 0. The van der Waals surface area contributed by atoms with Gasteiger partial charge in [-0.25, -0.2) is 0 Å². The third kappa shape index (κ3) is 4.88. The summed E-state index contributed by atoms with van der Waals surface area (Å²) in [6.07, 6.45) is 2.00. The number of pyridine rings is 1. The lowest BCUT2D eigenvalue weighted by molar-refractivity contribution is 0.230. The zero-order valence-corrected chi connectivity index (χ0v) is 20.3. The lowest BCUT2D eigenvalue weighted by atomic mass is 9.94. The van der Waals surface area contributed by atoms with Gasteiger partial charge >= 0.3 is 0 Å². The number of hydrogen-bond acceptors (Lipinski definition) is 3. The average Bonchev–Trinajstić information content (AvgIpc) is 2.82. The van der Waals surface area contributed by atoms with E-state index in [9.17, 15) is 0 Å². The minimum absolute atomic E-state index is 0.0584. The van der Waals surface area contributed by atoms with Crippen LogP contribution in [0.25, 0.3) is 22.0 Å². The summed E-state index contributed by atoms with van der Waals surface area (Å²) in [5, 5.41) is 2.28. The lowest BCUT2D eigenvalue weighted by Crippen LogP contribution is -2.11. The molecule has 1 aromatic heterocycles. The Hall–Kier alpha value is -3.33. The molecule has 0 aliphatic heterocycles. The van der Waals surface area contributed by atoms with Gasteiger partial charge in [0.05, 0.1) is 17.4 Å². The second-order valence-electron chi connectivity index (χ2n) is 8.66.